The van der Waals surface area contributed by atoms with Crippen molar-refractivity contribution in [3.63, 3.8) is 0 Å². The average Bonchev–Trinajstić information content (AvgIpc) is 3.14. The first-order valence-corrected chi connectivity index (χ1v) is 8.84. The first-order chi connectivity index (χ1) is 12.1. The molecule has 0 fully saturated rings. The van der Waals surface area contributed by atoms with Crippen LogP contribution in [0.4, 0.5) is 5.00 Å². The fourth-order valence-electron chi connectivity index (χ4n) is 2.14. The maximum absolute atomic E-state index is 12.4. The molecular formula is C18H21NO6S. The number of rotatable bonds is 5. The Balaban J connectivity index is 2.41. The molecule has 26 heavy (non-hydrogen) atoms. The van der Waals surface area contributed by atoms with Gasteiger partial charge in [-0.2, -0.15) is 0 Å². The summed E-state index contributed by atoms with van der Waals surface area (Å²) < 4.78 is 15.5. The maximum Gasteiger partial charge on any atom is 0.349 e. The molecule has 0 aliphatic heterocycles. The molecule has 7 nitrogen and oxygen atoms in total. The van der Waals surface area contributed by atoms with Crippen molar-refractivity contribution in [2.45, 2.75) is 40.2 Å². The molecule has 0 radical (unpaired) electrons. The van der Waals surface area contributed by atoms with Crippen molar-refractivity contribution < 1.29 is 28.3 Å². The molecule has 0 aliphatic rings. The Morgan fingerprint density at radius 3 is 2.46 bits per heavy atom. The van der Waals surface area contributed by atoms with Gasteiger partial charge in [0.1, 0.15) is 15.5 Å². The Morgan fingerprint density at radius 2 is 1.92 bits per heavy atom. The molecule has 0 spiro atoms. The largest absolute Gasteiger partial charge is 0.462 e. The summed E-state index contributed by atoms with van der Waals surface area (Å²) in [5.74, 6) is -1.63. The predicted octanol–water partition coefficient (Wildman–Crippen LogP) is 4.03. The Kier molecular flexibility index (Phi) is 5.86. The zero-order valence-corrected chi connectivity index (χ0v) is 16.1. The van der Waals surface area contributed by atoms with Crippen LogP contribution in [0, 0.1) is 6.92 Å². The summed E-state index contributed by atoms with van der Waals surface area (Å²) in [7, 11) is 0. The van der Waals surface area contributed by atoms with Crippen LogP contribution in [0.2, 0.25) is 0 Å². The summed E-state index contributed by atoms with van der Waals surface area (Å²) in [6.07, 6.45) is 1.37. The van der Waals surface area contributed by atoms with Crippen LogP contribution in [0.5, 0.6) is 0 Å². The Bertz CT molecular complexity index is 814. The number of ether oxygens (including phenoxy) is 2. The third-order valence-electron chi connectivity index (χ3n) is 3.18. The van der Waals surface area contributed by atoms with E-state index >= 15 is 0 Å². The summed E-state index contributed by atoms with van der Waals surface area (Å²) in [5.41, 5.74) is -0.148. The van der Waals surface area contributed by atoms with Crippen molar-refractivity contribution in [1.29, 1.82) is 0 Å². The van der Waals surface area contributed by atoms with E-state index in [1.165, 1.54) is 12.3 Å². The molecule has 0 saturated carbocycles. The van der Waals surface area contributed by atoms with Crippen molar-refractivity contribution in [2.24, 2.45) is 0 Å². The predicted molar refractivity (Wildman–Crippen MR) is 96.8 cm³/mol. The number of hydrogen-bond donors (Lipinski definition) is 1. The zero-order chi connectivity index (χ0) is 19.5. The number of hydrogen-bond acceptors (Lipinski definition) is 7. The minimum atomic E-state index is -0.685. The minimum absolute atomic E-state index is 0.0877. The van der Waals surface area contributed by atoms with Crippen molar-refractivity contribution >= 4 is 34.2 Å². The molecule has 140 valence electrons. The van der Waals surface area contributed by atoms with Gasteiger partial charge in [-0.3, -0.25) is 4.79 Å². The van der Waals surface area contributed by atoms with Gasteiger partial charge in [-0.15, -0.1) is 11.3 Å². The lowest BCUT2D eigenvalue weighted by molar-refractivity contribution is 0.00744. The summed E-state index contributed by atoms with van der Waals surface area (Å²) in [4.78, 5) is 37.3. The third-order valence-corrected chi connectivity index (χ3v) is 4.37. The second-order valence-corrected chi connectivity index (χ2v) is 7.43. The van der Waals surface area contributed by atoms with Crippen LogP contribution in [0.15, 0.2) is 22.8 Å². The monoisotopic (exact) mass is 379 g/mol. The van der Waals surface area contributed by atoms with Crippen LogP contribution < -0.4 is 5.32 Å². The average molecular weight is 379 g/mol. The van der Waals surface area contributed by atoms with Crippen LogP contribution in [-0.2, 0) is 9.47 Å². The molecular weight excluding hydrogens is 358 g/mol. The number of furan rings is 1. The molecule has 0 unspecified atom stereocenters. The Labute approximate surface area is 155 Å². The van der Waals surface area contributed by atoms with Gasteiger partial charge in [0.15, 0.2) is 5.76 Å². The standard InChI is InChI=1S/C18H21NO6S/c1-6-23-16(21)12-10(2)13(17(22)25-18(3,4)5)26-15(12)19-14(20)11-8-7-9-24-11/h7-9H,6H2,1-5H3,(H,19,20). The van der Waals surface area contributed by atoms with E-state index < -0.39 is 23.4 Å². The smallest absolute Gasteiger partial charge is 0.349 e. The van der Waals surface area contributed by atoms with Gasteiger partial charge in [0, 0.05) is 0 Å². The van der Waals surface area contributed by atoms with E-state index in [0.29, 0.717) is 5.56 Å². The molecule has 1 N–H and O–H groups in total. The van der Waals surface area contributed by atoms with E-state index in [0.717, 1.165) is 11.3 Å². The van der Waals surface area contributed by atoms with E-state index in [1.54, 1.807) is 40.7 Å². The van der Waals surface area contributed by atoms with Crippen molar-refractivity contribution in [1.82, 2.24) is 0 Å². The van der Waals surface area contributed by atoms with Gasteiger partial charge in [0.05, 0.1) is 18.4 Å². The zero-order valence-electron chi connectivity index (χ0n) is 15.3. The molecule has 1 amide bonds. The molecule has 0 saturated heterocycles. The van der Waals surface area contributed by atoms with E-state index in [4.69, 9.17) is 13.9 Å². The first kappa shape index (κ1) is 19.7. The van der Waals surface area contributed by atoms with Crippen LogP contribution in [0.3, 0.4) is 0 Å². The van der Waals surface area contributed by atoms with E-state index in [9.17, 15) is 14.4 Å². The topological polar surface area (TPSA) is 94.8 Å². The number of nitrogens with one attached hydrogen (secondary N) is 1. The second kappa shape index (κ2) is 7.74. The lowest BCUT2D eigenvalue weighted by Crippen LogP contribution is -2.23. The van der Waals surface area contributed by atoms with Crippen LogP contribution in [0.1, 0.15) is 63.8 Å². The van der Waals surface area contributed by atoms with Crippen molar-refractivity contribution in [3.05, 3.63) is 40.2 Å². The summed E-state index contributed by atoms with van der Waals surface area (Å²) in [5, 5.41) is 2.82. The molecule has 2 aromatic heterocycles. The normalized spacial score (nSPS) is 11.1. The number of carbonyl (C=O) groups excluding carboxylic acids is 3. The van der Waals surface area contributed by atoms with Gasteiger partial charge >= 0.3 is 11.9 Å². The Morgan fingerprint density at radius 1 is 1.23 bits per heavy atom. The van der Waals surface area contributed by atoms with Gasteiger partial charge in [-0.25, -0.2) is 9.59 Å². The molecule has 0 aromatic carbocycles. The maximum atomic E-state index is 12.4. The number of carbonyl (C=O) groups is 3. The van der Waals surface area contributed by atoms with Crippen molar-refractivity contribution in [2.75, 3.05) is 11.9 Å². The molecule has 0 bridgehead atoms. The van der Waals surface area contributed by atoms with E-state index in [1.807, 2.05) is 0 Å². The van der Waals surface area contributed by atoms with Gasteiger partial charge < -0.3 is 19.2 Å². The molecule has 2 aromatic rings. The SMILES string of the molecule is CCOC(=O)c1c(NC(=O)c2ccco2)sc(C(=O)OC(C)(C)C)c1C. The third kappa shape index (κ3) is 4.51. The van der Waals surface area contributed by atoms with Crippen LogP contribution >= 0.6 is 11.3 Å². The van der Waals surface area contributed by atoms with Gasteiger partial charge in [-0.05, 0) is 52.3 Å². The van der Waals surface area contributed by atoms with Crippen LogP contribution in [0.25, 0.3) is 0 Å². The highest BCUT2D eigenvalue weighted by atomic mass is 32.1. The van der Waals surface area contributed by atoms with E-state index in [2.05, 4.69) is 5.32 Å². The quantitative estimate of drug-likeness (QED) is 0.788. The van der Waals surface area contributed by atoms with Gasteiger partial charge in [0.2, 0.25) is 0 Å². The van der Waals surface area contributed by atoms with Gasteiger partial charge in [0.25, 0.3) is 5.91 Å². The highest BCUT2D eigenvalue weighted by Gasteiger charge is 2.29. The summed E-state index contributed by atoms with van der Waals surface area (Å²) in [6.45, 7) is 8.71. The fraction of sp³-hybridized carbons (Fsp3) is 0.389. The summed E-state index contributed by atoms with van der Waals surface area (Å²) in [6, 6.07) is 3.07. The van der Waals surface area contributed by atoms with Gasteiger partial charge in [-0.1, -0.05) is 0 Å². The Hall–Kier alpha value is -2.61. The molecule has 2 heterocycles. The lowest BCUT2D eigenvalue weighted by Gasteiger charge is -2.19. The molecule has 0 aliphatic carbocycles. The molecule has 0 atom stereocenters. The first-order valence-electron chi connectivity index (χ1n) is 8.02. The highest BCUT2D eigenvalue weighted by molar-refractivity contribution is 7.18. The fourth-order valence-corrected chi connectivity index (χ4v) is 3.21. The van der Waals surface area contributed by atoms with E-state index in [-0.39, 0.29) is 27.8 Å². The highest BCUT2D eigenvalue weighted by Crippen LogP contribution is 2.35. The minimum Gasteiger partial charge on any atom is -0.462 e. The molecule has 2 rings (SSSR count). The van der Waals surface area contributed by atoms with Crippen molar-refractivity contribution in [3.8, 4) is 0 Å². The number of anilines is 1. The summed E-state index contributed by atoms with van der Waals surface area (Å²) >= 11 is 0.966. The number of esters is 2. The van der Waals surface area contributed by atoms with Crippen LogP contribution in [-0.4, -0.2) is 30.1 Å². The second-order valence-electron chi connectivity index (χ2n) is 6.41. The number of thiophene rings is 1. The lowest BCUT2D eigenvalue weighted by atomic mass is 10.1. The number of amides is 1. The molecule has 8 heteroatoms.